The second-order valence-electron chi connectivity index (χ2n) is 10.6. The first-order valence-electron chi connectivity index (χ1n) is 12.9. The van der Waals surface area contributed by atoms with E-state index in [0.717, 1.165) is 44.3 Å². The Labute approximate surface area is 202 Å². The first kappa shape index (κ1) is 21.8. The molecule has 2 aliphatic carbocycles. The van der Waals surface area contributed by atoms with Crippen molar-refractivity contribution in [1.82, 2.24) is 10.2 Å². The summed E-state index contributed by atoms with van der Waals surface area (Å²) in [5.41, 5.74) is 0.681. The van der Waals surface area contributed by atoms with Gasteiger partial charge in [-0.2, -0.15) is 0 Å². The van der Waals surface area contributed by atoms with Crippen LogP contribution in [0.1, 0.15) is 49.8 Å². The quantitative estimate of drug-likeness (QED) is 0.550. The van der Waals surface area contributed by atoms with Gasteiger partial charge in [-0.05, 0) is 53.5 Å². The minimum absolute atomic E-state index is 0.00336. The summed E-state index contributed by atoms with van der Waals surface area (Å²) in [6.45, 7) is 4.29. The molecule has 0 aromatic heterocycles. The first-order valence-corrected chi connectivity index (χ1v) is 12.9. The summed E-state index contributed by atoms with van der Waals surface area (Å²) in [6, 6.07) is 25.3. The minimum Gasteiger partial charge on any atom is -0.375 e. The van der Waals surface area contributed by atoms with Crippen LogP contribution in [0.5, 0.6) is 0 Å². The zero-order valence-electron chi connectivity index (χ0n) is 19.9. The van der Waals surface area contributed by atoms with Gasteiger partial charge in [0.05, 0.1) is 0 Å². The summed E-state index contributed by atoms with van der Waals surface area (Å²) >= 11 is 0. The molecule has 1 heterocycles. The largest absolute Gasteiger partial charge is 0.375 e. The Kier molecular flexibility index (Phi) is 5.46. The number of benzene rings is 3. The van der Waals surface area contributed by atoms with Crippen molar-refractivity contribution in [1.29, 1.82) is 0 Å². The van der Waals surface area contributed by atoms with E-state index in [1.54, 1.807) is 0 Å². The number of aliphatic hydroxyl groups is 1. The number of carbonyl (C=O) groups excluding carboxylic acids is 1. The fourth-order valence-corrected chi connectivity index (χ4v) is 6.75. The maximum atomic E-state index is 13.5. The van der Waals surface area contributed by atoms with Crippen LogP contribution < -0.4 is 5.32 Å². The Bertz CT molecular complexity index is 1170. The molecule has 3 aromatic rings. The summed E-state index contributed by atoms with van der Waals surface area (Å²) in [5.74, 6) is 0.755. The van der Waals surface area contributed by atoms with Gasteiger partial charge in [0.1, 0.15) is 0 Å². The zero-order chi connectivity index (χ0) is 23.3. The van der Waals surface area contributed by atoms with Crippen molar-refractivity contribution in [2.24, 2.45) is 17.8 Å². The molecular weight excluding hydrogens is 420 g/mol. The number of rotatable bonds is 6. The highest BCUT2D eigenvalue weighted by atomic mass is 16.3. The lowest BCUT2D eigenvalue weighted by molar-refractivity contribution is -0.147. The highest BCUT2D eigenvalue weighted by Crippen LogP contribution is 2.49. The van der Waals surface area contributed by atoms with Gasteiger partial charge in [0.25, 0.3) is 5.91 Å². The number of fused-ring (bicyclic) bond motifs is 2. The molecule has 3 aliphatic rings. The lowest BCUT2D eigenvalue weighted by atomic mass is 9.79. The van der Waals surface area contributed by atoms with Gasteiger partial charge in [0.2, 0.25) is 0 Å². The highest BCUT2D eigenvalue weighted by molar-refractivity contribution is 5.87. The molecule has 4 heteroatoms. The number of nitrogens with one attached hydrogen (secondary N) is 1. The van der Waals surface area contributed by atoms with E-state index in [9.17, 15) is 9.90 Å². The minimum atomic E-state index is -1.43. The number of piperidine rings is 1. The summed E-state index contributed by atoms with van der Waals surface area (Å²) in [6.07, 6.45) is 3.99. The van der Waals surface area contributed by atoms with Crippen molar-refractivity contribution >= 4 is 16.7 Å². The average Bonchev–Trinajstić information content (AvgIpc) is 3.29. The van der Waals surface area contributed by atoms with E-state index < -0.39 is 5.60 Å². The number of carbonyl (C=O) groups is 1. The SMILES string of the molecule is CC(c1cccc2ccccc12)N1CC2C(C1)C2NC(=O)C(O)(c1ccccc1)C1CCCC1. The maximum Gasteiger partial charge on any atom is 0.257 e. The molecule has 2 saturated carbocycles. The van der Waals surface area contributed by atoms with Crippen LogP contribution in [0.4, 0.5) is 0 Å². The average molecular weight is 455 g/mol. The van der Waals surface area contributed by atoms with E-state index in [1.807, 2.05) is 30.3 Å². The molecule has 4 unspecified atom stereocenters. The fraction of sp³-hybridized carbons (Fsp3) is 0.433. The van der Waals surface area contributed by atoms with E-state index in [1.165, 1.54) is 16.3 Å². The monoisotopic (exact) mass is 454 g/mol. The van der Waals surface area contributed by atoms with Gasteiger partial charge in [-0.1, -0.05) is 85.6 Å². The third-order valence-corrected chi connectivity index (χ3v) is 8.85. The van der Waals surface area contributed by atoms with Crippen LogP contribution in [0.2, 0.25) is 0 Å². The molecule has 0 radical (unpaired) electrons. The molecule has 0 spiro atoms. The molecule has 3 aromatic carbocycles. The van der Waals surface area contributed by atoms with Gasteiger partial charge in [-0.3, -0.25) is 9.69 Å². The van der Waals surface area contributed by atoms with E-state index in [0.29, 0.717) is 17.9 Å². The van der Waals surface area contributed by atoms with Gasteiger partial charge in [0, 0.05) is 31.1 Å². The molecule has 4 atom stereocenters. The summed E-state index contributed by atoms with van der Waals surface area (Å²) in [7, 11) is 0. The molecule has 2 N–H and O–H groups in total. The van der Waals surface area contributed by atoms with Crippen LogP contribution in [0.15, 0.2) is 72.8 Å². The Morgan fingerprint density at radius 1 is 0.941 bits per heavy atom. The van der Waals surface area contributed by atoms with Gasteiger partial charge in [0.15, 0.2) is 5.60 Å². The number of likely N-dealkylation sites (tertiary alicyclic amines) is 1. The molecule has 0 bridgehead atoms. The van der Waals surface area contributed by atoms with Crippen LogP contribution in [0.25, 0.3) is 10.8 Å². The van der Waals surface area contributed by atoms with Crippen molar-refractivity contribution in [2.75, 3.05) is 13.1 Å². The predicted octanol–water partition coefficient (Wildman–Crippen LogP) is 5.03. The van der Waals surface area contributed by atoms with Crippen molar-refractivity contribution < 1.29 is 9.90 Å². The molecule has 4 nitrogen and oxygen atoms in total. The first-order chi connectivity index (χ1) is 16.6. The predicted molar refractivity (Wildman–Crippen MR) is 135 cm³/mol. The van der Waals surface area contributed by atoms with Crippen LogP contribution in [-0.4, -0.2) is 35.0 Å². The number of amides is 1. The van der Waals surface area contributed by atoms with Crippen molar-refractivity contribution in [3.63, 3.8) is 0 Å². The molecule has 1 saturated heterocycles. The highest BCUT2D eigenvalue weighted by Gasteiger charge is 2.59. The molecule has 3 fully saturated rings. The summed E-state index contributed by atoms with van der Waals surface area (Å²) in [5, 5.41) is 17.7. The van der Waals surface area contributed by atoms with Gasteiger partial charge in [-0.15, -0.1) is 0 Å². The molecule has 176 valence electrons. The lowest BCUT2D eigenvalue weighted by Crippen LogP contribution is -2.51. The van der Waals surface area contributed by atoms with Crippen molar-refractivity contribution in [3.8, 4) is 0 Å². The molecule has 1 aliphatic heterocycles. The fourth-order valence-electron chi connectivity index (χ4n) is 6.75. The summed E-state index contributed by atoms with van der Waals surface area (Å²) in [4.78, 5) is 16.1. The van der Waals surface area contributed by atoms with Gasteiger partial charge in [-0.25, -0.2) is 0 Å². The smallest absolute Gasteiger partial charge is 0.257 e. The third kappa shape index (κ3) is 3.55. The molecule has 34 heavy (non-hydrogen) atoms. The Balaban J connectivity index is 1.15. The molecule has 1 amide bonds. The van der Waals surface area contributed by atoms with Gasteiger partial charge >= 0.3 is 0 Å². The van der Waals surface area contributed by atoms with Crippen molar-refractivity contribution in [2.45, 2.75) is 50.3 Å². The van der Waals surface area contributed by atoms with Crippen LogP contribution in [-0.2, 0) is 10.4 Å². The number of hydrogen-bond acceptors (Lipinski definition) is 3. The standard InChI is InChI=1S/C30H34N2O2/c1-20(24-17-9-11-21-10-5-8-16-25(21)24)32-18-26-27(19-32)28(26)31-29(33)30(34,23-14-6-7-15-23)22-12-3-2-4-13-22/h2-5,8-13,16-17,20,23,26-28,34H,6-7,14-15,18-19H2,1H3,(H,31,33). The Morgan fingerprint density at radius 2 is 1.59 bits per heavy atom. The Morgan fingerprint density at radius 3 is 2.32 bits per heavy atom. The van der Waals surface area contributed by atoms with Crippen LogP contribution in [0, 0.1) is 17.8 Å². The molecular formula is C30H34N2O2. The van der Waals surface area contributed by atoms with Crippen molar-refractivity contribution in [3.05, 3.63) is 83.9 Å². The topological polar surface area (TPSA) is 52.6 Å². The van der Waals surface area contributed by atoms with Crippen LogP contribution >= 0.6 is 0 Å². The van der Waals surface area contributed by atoms with E-state index >= 15 is 0 Å². The van der Waals surface area contributed by atoms with E-state index in [-0.39, 0.29) is 17.9 Å². The Hall–Kier alpha value is -2.69. The number of hydrogen-bond donors (Lipinski definition) is 2. The molecule has 6 rings (SSSR count). The lowest BCUT2D eigenvalue weighted by Gasteiger charge is -2.34. The third-order valence-electron chi connectivity index (χ3n) is 8.85. The zero-order valence-corrected chi connectivity index (χ0v) is 19.9. The number of nitrogens with zero attached hydrogens (tertiary/aromatic N) is 1. The second-order valence-corrected chi connectivity index (χ2v) is 10.6. The summed E-state index contributed by atoms with van der Waals surface area (Å²) < 4.78 is 0. The maximum absolute atomic E-state index is 13.5. The van der Waals surface area contributed by atoms with Crippen LogP contribution in [0.3, 0.4) is 0 Å². The second kappa shape index (κ2) is 8.51. The van der Waals surface area contributed by atoms with E-state index in [2.05, 4.69) is 59.6 Å². The van der Waals surface area contributed by atoms with Gasteiger partial charge < -0.3 is 10.4 Å². The normalized spacial score (nSPS) is 27.3. The van der Waals surface area contributed by atoms with E-state index in [4.69, 9.17) is 0 Å².